The van der Waals surface area contributed by atoms with E-state index in [4.69, 9.17) is 0 Å². The molecule has 1 aliphatic heterocycles. The van der Waals surface area contributed by atoms with E-state index in [0.29, 0.717) is 25.1 Å². The van der Waals surface area contributed by atoms with E-state index in [9.17, 15) is 9.90 Å². The molecule has 0 bridgehead atoms. The standard InChI is InChI=1S/C17H22N6O2/c1-12-3-4-13(8-19-12)16(24)20-9-17(25)5-6-23(10-17)15-7-14(18-2)21-11-22-15/h3-4,7-8,11,25H,5-6,9-10H2,1-2H3,(H,20,24)(H,18,21,22). The second-order valence-electron chi connectivity index (χ2n) is 6.28. The zero-order valence-corrected chi connectivity index (χ0v) is 14.4. The van der Waals surface area contributed by atoms with Gasteiger partial charge >= 0.3 is 0 Å². The number of hydrogen-bond acceptors (Lipinski definition) is 7. The van der Waals surface area contributed by atoms with Crippen LogP contribution in [0.15, 0.2) is 30.7 Å². The van der Waals surface area contributed by atoms with Crippen LogP contribution in [0.3, 0.4) is 0 Å². The van der Waals surface area contributed by atoms with Gasteiger partial charge in [0.15, 0.2) is 0 Å². The van der Waals surface area contributed by atoms with Gasteiger partial charge in [0.1, 0.15) is 23.6 Å². The lowest BCUT2D eigenvalue weighted by Gasteiger charge is -2.24. The third-order valence-corrected chi connectivity index (χ3v) is 4.32. The zero-order valence-electron chi connectivity index (χ0n) is 14.4. The van der Waals surface area contributed by atoms with Crippen molar-refractivity contribution in [2.75, 3.05) is 36.9 Å². The Bertz CT molecular complexity index is 751. The molecule has 2 aromatic heterocycles. The van der Waals surface area contributed by atoms with Crippen LogP contribution in [0.1, 0.15) is 22.5 Å². The molecule has 0 saturated carbocycles. The van der Waals surface area contributed by atoms with Gasteiger partial charge in [-0.3, -0.25) is 9.78 Å². The Morgan fingerprint density at radius 1 is 1.36 bits per heavy atom. The number of carbonyl (C=O) groups is 1. The fourth-order valence-corrected chi connectivity index (χ4v) is 2.80. The molecule has 0 spiro atoms. The second-order valence-corrected chi connectivity index (χ2v) is 6.28. The monoisotopic (exact) mass is 342 g/mol. The third-order valence-electron chi connectivity index (χ3n) is 4.32. The Labute approximate surface area is 146 Å². The minimum atomic E-state index is -0.988. The highest BCUT2D eigenvalue weighted by Gasteiger charge is 2.37. The highest BCUT2D eigenvalue weighted by atomic mass is 16.3. The van der Waals surface area contributed by atoms with Crippen molar-refractivity contribution in [3.63, 3.8) is 0 Å². The maximum absolute atomic E-state index is 12.2. The summed E-state index contributed by atoms with van der Waals surface area (Å²) in [5, 5.41) is 16.5. The lowest BCUT2D eigenvalue weighted by atomic mass is 10.0. The number of aryl methyl sites for hydroxylation is 1. The first kappa shape index (κ1) is 17.1. The normalized spacial score (nSPS) is 19.7. The summed E-state index contributed by atoms with van der Waals surface area (Å²) < 4.78 is 0. The topological polar surface area (TPSA) is 103 Å². The number of rotatable bonds is 5. The fraction of sp³-hybridized carbons (Fsp3) is 0.412. The molecule has 8 nitrogen and oxygen atoms in total. The predicted octanol–water partition coefficient (Wildman–Crippen LogP) is 0.593. The van der Waals surface area contributed by atoms with E-state index in [-0.39, 0.29) is 12.5 Å². The van der Waals surface area contributed by atoms with Crippen LogP contribution in [0.2, 0.25) is 0 Å². The summed E-state index contributed by atoms with van der Waals surface area (Å²) in [5.74, 6) is 1.24. The van der Waals surface area contributed by atoms with Gasteiger partial charge in [0.25, 0.3) is 5.91 Å². The van der Waals surface area contributed by atoms with Crippen molar-refractivity contribution in [2.24, 2.45) is 0 Å². The molecule has 25 heavy (non-hydrogen) atoms. The molecule has 1 aliphatic rings. The van der Waals surface area contributed by atoms with Crippen LogP contribution in [0, 0.1) is 6.92 Å². The molecule has 1 fully saturated rings. The van der Waals surface area contributed by atoms with Crippen LogP contribution in [-0.4, -0.2) is 58.2 Å². The van der Waals surface area contributed by atoms with Crippen molar-refractivity contribution in [3.8, 4) is 0 Å². The van der Waals surface area contributed by atoms with Gasteiger partial charge in [-0.25, -0.2) is 9.97 Å². The van der Waals surface area contributed by atoms with Gasteiger partial charge in [0.05, 0.1) is 5.56 Å². The van der Waals surface area contributed by atoms with Crippen LogP contribution in [-0.2, 0) is 0 Å². The van der Waals surface area contributed by atoms with Crippen molar-refractivity contribution < 1.29 is 9.90 Å². The molecule has 0 aliphatic carbocycles. The summed E-state index contributed by atoms with van der Waals surface area (Å²) in [7, 11) is 1.79. The van der Waals surface area contributed by atoms with Gasteiger partial charge in [-0.15, -0.1) is 0 Å². The van der Waals surface area contributed by atoms with E-state index in [0.717, 1.165) is 17.3 Å². The van der Waals surface area contributed by atoms with Gasteiger partial charge in [-0.1, -0.05) is 0 Å². The molecule has 2 aromatic rings. The lowest BCUT2D eigenvalue weighted by Crippen LogP contribution is -2.45. The largest absolute Gasteiger partial charge is 0.386 e. The molecule has 3 N–H and O–H groups in total. The Kier molecular flexibility index (Phi) is 4.80. The second kappa shape index (κ2) is 7.02. The lowest BCUT2D eigenvalue weighted by molar-refractivity contribution is 0.0575. The number of nitrogens with zero attached hydrogens (tertiary/aromatic N) is 4. The summed E-state index contributed by atoms with van der Waals surface area (Å²) >= 11 is 0. The minimum Gasteiger partial charge on any atom is -0.386 e. The molecule has 1 unspecified atom stereocenters. The quantitative estimate of drug-likeness (QED) is 0.731. The number of pyridine rings is 1. The molecular weight excluding hydrogens is 320 g/mol. The first-order valence-corrected chi connectivity index (χ1v) is 8.17. The maximum Gasteiger partial charge on any atom is 0.252 e. The highest BCUT2D eigenvalue weighted by molar-refractivity contribution is 5.93. The number of aliphatic hydroxyl groups is 1. The van der Waals surface area contributed by atoms with Crippen LogP contribution >= 0.6 is 0 Å². The number of anilines is 2. The molecule has 0 radical (unpaired) electrons. The number of carbonyl (C=O) groups excluding carboxylic acids is 1. The van der Waals surface area contributed by atoms with Crippen molar-refractivity contribution in [1.29, 1.82) is 0 Å². The molecule has 1 atom stereocenters. The number of aromatic nitrogens is 3. The van der Waals surface area contributed by atoms with Crippen molar-refractivity contribution >= 4 is 17.5 Å². The van der Waals surface area contributed by atoms with E-state index in [1.807, 2.05) is 17.9 Å². The Morgan fingerprint density at radius 3 is 2.92 bits per heavy atom. The zero-order chi connectivity index (χ0) is 17.9. The van der Waals surface area contributed by atoms with Crippen molar-refractivity contribution in [3.05, 3.63) is 42.0 Å². The molecular formula is C17H22N6O2. The summed E-state index contributed by atoms with van der Waals surface area (Å²) in [6.45, 7) is 3.11. The summed E-state index contributed by atoms with van der Waals surface area (Å²) in [4.78, 5) is 26.6. The van der Waals surface area contributed by atoms with Gasteiger partial charge in [0, 0.05) is 44.6 Å². The molecule has 3 heterocycles. The average molecular weight is 342 g/mol. The number of β-amino-alcohol motifs (C(OH)–C–C–N with tert-alkyl or cyclic N) is 1. The van der Waals surface area contributed by atoms with Crippen molar-refractivity contribution in [1.82, 2.24) is 20.3 Å². The number of hydrogen-bond donors (Lipinski definition) is 3. The summed E-state index contributed by atoms with van der Waals surface area (Å²) in [6.07, 6.45) is 3.58. The molecule has 1 amide bonds. The van der Waals surface area contributed by atoms with E-state index in [2.05, 4.69) is 25.6 Å². The molecule has 132 valence electrons. The summed E-state index contributed by atoms with van der Waals surface area (Å²) in [6, 6.07) is 5.35. The SMILES string of the molecule is CNc1cc(N2CCC(O)(CNC(=O)c3ccc(C)nc3)C2)ncn1. The molecule has 0 aromatic carbocycles. The Balaban J connectivity index is 1.59. The molecule has 8 heteroatoms. The molecule has 1 saturated heterocycles. The smallest absolute Gasteiger partial charge is 0.252 e. The van der Waals surface area contributed by atoms with Gasteiger partial charge in [0.2, 0.25) is 0 Å². The average Bonchev–Trinajstić information content (AvgIpc) is 3.03. The van der Waals surface area contributed by atoms with E-state index in [1.54, 1.807) is 19.2 Å². The Hall–Kier alpha value is -2.74. The first-order valence-electron chi connectivity index (χ1n) is 8.17. The van der Waals surface area contributed by atoms with E-state index < -0.39 is 5.60 Å². The van der Waals surface area contributed by atoms with Gasteiger partial charge in [-0.2, -0.15) is 0 Å². The third kappa shape index (κ3) is 4.03. The maximum atomic E-state index is 12.2. The summed E-state index contributed by atoms with van der Waals surface area (Å²) in [5.41, 5.74) is 0.351. The number of amides is 1. The fourth-order valence-electron chi connectivity index (χ4n) is 2.80. The Morgan fingerprint density at radius 2 is 2.20 bits per heavy atom. The van der Waals surface area contributed by atoms with Crippen LogP contribution in [0.5, 0.6) is 0 Å². The van der Waals surface area contributed by atoms with Crippen LogP contribution < -0.4 is 15.5 Å². The highest BCUT2D eigenvalue weighted by Crippen LogP contribution is 2.26. The van der Waals surface area contributed by atoms with E-state index >= 15 is 0 Å². The first-order chi connectivity index (χ1) is 12.0. The van der Waals surface area contributed by atoms with E-state index in [1.165, 1.54) is 12.5 Å². The minimum absolute atomic E-state index is 0.181. The van der Waals surface area contributed by atoms with Gasteiger partial charge in [-0.05, 0) is 25.5 Å². The van der Waals surface area contributed by atoms with Gasteiger partial charge < -0.3 is 20.6 Å². The van der Waals surface area contributed by atoms with Crippen molar-refractivity contribution in [2.45, 2.75) is 18.9 Å². The van der Waals surface area contributed by atoms with Crippen LogP contribution in [0.4, 0.5) is 11.6 Å². The van der Waals surface area contributed by atoms with Crippen LogP contribution in [0.25, 0.3) is 0 Å². The number of nitrogens with one attached hydrogen (secondary N) is 2. The molecule has 3 rings (SSSR count). The predicted molar refractivity (Wildman–Crippen MR) is 94.7 cm³/mol.